The second kappa shape index (κ2) is 7.50. The summed E-state index contributed by atoms with van der Waals surface area (Å²) in [6.07, 6.45) is 0.139. The van der Waals surface area contributed by atoms with E-state index in [-0.39, 0.29) is 12.0 Å². The molecule has 0 aliphatic rings. The molecule has 0 fully saturated rings. The first kappa shape index (κ1) is 15.9. The van der Waals surface area contributed by atoms with E-state index in [0.29, 0.717) is 6.54 Å². The van der Waals surface area contributed by atoms with Gasteiger partial charge in [0, 0.05) is 18.4 Å². The number of amides is 1. The molecule has 0 atom stereocenters. The third-order valence-corrected chi connectivity index (χ3v) is 3.09. The minimum atomic E-state index is -0.0520. The predicted molar refractivity (Wildman–Crippen MR) is 90.5 cm³/mol. The lowest BCUT2D eigenvalue weighted by Crippen LogP contribution is -2.29. The number of rotatable bonds is 6. The topological polar surface area (TPSA) is 41.6 Å². The van der Waals surface area contributed by atoms with E-state index in [9.17, 15) is 4.79 Å². The summed E-state index contributed by atoms with van der Waals surface area (Å²) in [5, 5.41) is 2.89. The molecule has 0 saturated heterocycles. The molecule has 1 amide bonds. The summed E-state index contributed by atoms with van der Waals surface area (Å²) in [7, 11) is 1.90. The molecule has 0 saturated carbocycles. The number of carbonyl (C=O) groups excluding carboxylic acids is 1. The molecule has 1 N–H and O–H groups in total. The van der Waals surface area contributed by atoms with Crippen LogP contribution in [0.5, 0.6) is 5.75 Å². The zero-order chi connectivity index (χ0) is 15.9. The summed E-state index contributed by atoms with van der Waals surface area (Å²) in [5.74, 6) is 0.748. The van der Waals surface area contributed by atoms with E-state index in [1.807, 2.05) is 80.4 Å². The monoisotopic (exact) mass is 298 g/mol. The molecule has 22 heavy (non-hydrogen) atoms. The molecule has 2 aromatic carbocycles. The maximum absolute atomic E-state index is 12.1. The van der Waals surface area contributed by atoms with Crippen LogP contribution in [-0.2, 0) is 4.79 Å². The van der Waals surface area contributed by atoms with Gasteiger partial charge in [0.1, 0.15) is 5.75 Å². The van der Waals surface area contributed by atoms with Gasteiger partial charge < -0.3 is 15.0 Å². The third kappa shape index (κ3) is 4.81. The van der Waals surface area contributed by atoms with Gasteiger partial charge in [-0.15, -0.1) is 0 Å². The third-order valence-electron chi connectivity index (χ3n) is 3.09. The standard InChI is InChI=1S/C18H22N2O2/c1-14(2)22-17-11-9-15(10-12-17)19-18(21)13-20(3)16-7-5-4-6-8-16/h4-12,14H,13H2,1-3H3,(H,19,21). The van der Waals surface area contributed by atoms with Crippen LogP contribution in [-0.4, -0.2) is 25.6 Å². The highest BCUT2D eigenvalue weighted by atomic mass is 16.5. The Balaban J connectivity index is 1.89. The quantitative estimate of drug-likeness (QED) is 0.886. The van der Waals surface area contributed by atoms with Crippen LogP contribution in [0.15, 0.2) is 54.6 Å². The van der Waals surface area contributed by atoms with Crippen LogP contribution in [0.2, 0.25) is 0 Å². The maximum Gasteiger partial charge on any atom is 0.243 e. The van der Waals surface area contributed by atoms with Crippen LogP contribution in [0.4, 0.5) is 11.4 Å². The van der Waals surface area contributed by atoms with E-state index in [0.717, 1.165) is 17.1 Å². The fourth-order valence-corrected chi connectivity index (χ4v) is 2.08. The van der Waals surface area contributed by atoms with E-state index in [4.69, 9.17) is 4.74 Å². The normalized spacial score (nSPS) is 10.4. The lowest BCUT2D eigenvalue weighted by atomic mass is 10.3. The molecule has 0 aromatic heterocycles. The molecule has 0 bridgehead atoms. The van der Waals surface area contributed by atoms with Crippen LogP contribution in [0.3, 0.4) is 0 Å². The number of likely N-dealkylation sites (N-methyl/N-ethyl adjacent to an activating group) is 1. The largest absolute Gasteiger partial charge is 0.491 e. The summed E-state index contributed by atoms with van der Waals surface area (Å²) >= 11 is 0. The fraction of sp³-hybridized carbons (Fsp3) is 0.278. The summed E-state index contributed by atoms with van der Waals surface area (Å²) in [6.45, 7) is 4.26. The number of hydrogen-bond donors (Lipinski definition) is 1. The first-order valence-electron chi connectivity index (χ1n) is 7.37. The fourth-order valence-electron chi connectivity index (χ4n) is 2.08. The molecule has 2 aromatic rings. The molecule has 0 radical (unpaired) electrons. The van der Waals surface area contributed by atoms with E-state index in [2.05, 4.69) is 5.32 Å². The van der Waals surface area contributed by atoms with Gasteiger partial charge in [0.25, 0.3) is 0 Å². The first-order chi connectivity index (χ1) is 10.5. The van der Waals surface area contributed by atoms with Gasteiger partial charge in [-0.1, -0.05) is 18.2 Å². The number of ether oxygens (including phenoxy) is 1. The van der Waals surface area contributed by atoms with Crippen molar-refractivity contribution in [2.45, 2.75) is 20.0 Å². The molecule has 2 rings (SSSR count). The van der Waals surface area contributed by atoms with Crippen molar-refractivity contribution in [3.8, 4) is 5.75 Å². The highest BCUT2D eigenvalue weighted by Crippen LogP contribution is 2.17. The first-order valence-corrected chi connectivity index (χ1v) is 7.37. The Labute approximate surface area is 131 Å². The molecular weight excluding hydrogens is 276 g/mol. The van der Waals surface area contributed by atoms with Gasteiger partial charge >= 0.3 is 0 Å². The van der Waals surface area contributed by atoms with Crippen molar-refractivity contribution in [2.24, 2.45) is 0 Å². The van der Waals surface area contributed by atoms with Crippen molar-refractivity contribution in [1.82, 2.24) is 0 Å². The number of nitrogens with zero attached hydrogens (tertiary/aromatic N) is 1. The minimum Gasteiger partial charge on any atom is -0.491 e. The molecule has 0 spiro atoms. The average Bonchev–Trinajstić information content (AvgIpc) is 2.49. The Hall–Kier alpha value is -2.49. The number of para-hydroxylation sites is 1. The Morgan fingerprint density at radius 2 is 1.73 bits per heavy atom. The molecule has 0 aliphatic carbocycles. The average molecular weight is 298 g/mol. The number of carbonyl (C=O) groups is 1. The van der Waals surface area contributed by atoms with Gasteiger partial charge in [0.2, 0.25) is 5.91 Å². The second-order valence-electron chi connectivity index (χ2n) is 5.43. The highest BCUT2D eigenvalue weighted by Gasteiger charge is 2.07. The van der Waals surface area contributed by atoms with Crippen molar-refractivity contribution in [1.29, 1.82) is 0 Å². The van der Waals surface area contributed by atoms with Gasteiger partial charge in [0.15, 0.2) is 0 Å². The molecule has 0 aliphatic heterocycles. The van der Waals surface area contributed by atoms with Gasteiger partial charge in [-0.2, -0.15) is 0 Å². The van der Waals surface area contributed by atoms with Crippen LogP contribution in [0.25, 0.3) is 0 Å². The summed E-state index contributed by atoms with van der Waals surface area (Å²) in [6, 6.07) is 17.2. The van der Waals surface area contributed by atoms with Crippen LogP contribution < -0.4 is 15.0 Å². The van der Waals surface area contributed by atoms with Crippen LogP contribution in [0, 0.1) is 0 Å². The predicted octanol–water partition coefficient (Wildman–Crippen LogP) is 3.55. The van der Waals surface area contributed by atoms with E-state index in [1.165, 1.54) is 0 Å². The molecule has 4 nitrogen and oxygen atoms in total. The van der Waals surface area contributed by atoms with Crippen molar-refractivity contribution in [2.75, 3.05) is 23.8 Å². The van der Waals surface area contributed by atoms with Gasteiger partial charge in [-0.3, -0.25) is 4.79 Å². The van der Waals surface area contributed by atoms with Gasteiger partial charge in [-0.25, -0.2) is 0 Å². The Morgan fingerprint density at radius 3 is 2.32 bits per heavy atom. The Bertz CT molecular complexity index is 594. The van der Waals surface area contributed by atoms with Crippen molar-refractivity contribution in [3.63, 3.8) is 0 Å². The summed E-state index contributed by atoms with van der Waals surface area (Å²) in [5.41, 5.74) is 1.78. The van der Waals surface area contributed by atoms with Crippen molar-refractivity contribution >= 4 is 17.3 Å². The van der Waals surface area contributed by atoms with Crippen LogP contribution >= 0.6 is 0 Å². The molecular formula is C18H22N2O2. The molecule has 4 heteroatoms. The smallest absolute Gasteiger partial charge is 0.243 e. The molecule has 0 unspecified atom stereocenters. The Kier molecular flexibility index (Phi) is 5.42. The van der Waals surface area contributed by atoms with Gasteiger partial charge in [-0.05, 0) is 50.2 Å². The lowest BCUT2D eigenvalue weighted by Gasteiger charge is -2.18. The zero-order valence-electron chi connectivity index (χ0n) is 13.2. The molecule has 116 valence electrons. The summed E-state index contributed by atoms with van der Waals surface area (Å²) < 4.78 is 5.58. The van der Waals surface area contributed by atoms with E-state index >= 15 is 0 Å². The minimum absolute atomic E-state index is 0.0520. The summed E-state index contributed by atoms with van der Waals surface area (Å²) in [4.78, 5) is 14.0. The lowest BCUT2D eigenvalue weighted by molar-refractivity contribution is -0.114. The highest BCUT2D eigenvalue weighted by molar-refractivity contribution is 5.94. The Morgan fingerprint density at radius 1 is 1.09 bits per heavy atom. The van der Waals surface area contributed by atoms with Crippen molar-refractivity contribution < 1.29 is 9.53 Å². The van der Waals surface area contributed by atoms with E-state index in [1.54, 1.807) is 0 Å². The number of anilines is 2. The van der Waals surface area contributed by atoms with Crippen LogP contribution in [0.1, 0.15) is 13.8 Å². The van der Waals surface area contributed by atoms with Crippen molar-refractivity contribution in [3.05, 3.63) is 54.6 Å². The molecule has 0 heterocycles. The number of nitrogens with one attached hydrogen (secondary N) is 1. The number of benzene rings is 2. The van der Waals surface area contributed by atoms with E-state index < -0.39 is 0 Å². The maximum atomic E-state index is 12.1. The SMILES string of the molecule is CC(C)Oc1ccc(NC(=O)CN(C)c2ccccc2)cc1. The number of hydrogen-bond acceptors (Lipinski definition) is 3. The second-order valence-corrected chi connectivity index (χ2v) is 5.43. The zero-order valence-corrected chi connectivity index (χ0v) is 13.2. The van der Waals surface area contributed by atoms with Gasteiger partial charge in [0.05, 0.1) is 12.6 Å².